The number of rotatable bonds is 1. The predicted molar refractivity (Wildman–Crippen MR) is 110 cm³/mol. The zero-order valence-electron chi connectivity index (χ0n) is 17.1. The molecule has 2 N–H and O–H groups in total. The molecule has 0 amide bonds. The van der Waals surface area contributed by atoms with E-state index in [9.17, 15) is 19.1 Å². The van der Waals surface area contributed by atoms with E-state index < -0.39 is 12.1 Å². The van der Waals surface area contributed by atoms with Crippen molar-refractivity contribution >= 4 is 16.9 Å². The molecule has 7 nitrogen and oxygen atoms in total. The van der Waals surface area contributed by atoms with Crippen LogP contribution in [0.2, 0.25) is 0 Å². The van der Waals surface area contributed by atoms with Gasteiger partial charge in [0.05, 0.1) is 29.0 Å². The number of aliphatic hydroxyl groups excluding tert-OH is 1. The highest BCUT2D eigenvalue weighted by Crippen LogP contribution is 2.45. The molecule has 1 aliphatic carbocycles. The van der Waals surface area contributed by atoms with E-state index in [0.29, 0.717) is 29.0 Å². The van der Waals surface area contributed by atoms with Gasteiger partial charge >= 0.3 is 5.97 Å². The fraction of sp³-hybridized carbons (Fsp3) is 0.348. The molecule has 3 aliphatic rings. The van der Waals surface area contributed by atoms with E-state index in [1.54, 1.807) is 17.6 Å². The van der Waals surface area contributed by atoms with Gasteiger partial charge in [0.25, 0.3) is 5.56 Å². The van der Waals surface area contributed by atoms with E-state index in [4.69, 9.17) is 9.72 Å². The Hall–Kier alpha value is -3.10. The molecule has 2 aliphatic heterocycles. The van der Waals surface area contributed by atoms with Crippen LogP contribution in [-0.4, -0.2) is 27.7 Å². The van der Waals surface area contributed by atoms with Gasteiger partial charge < -0.3 is 19.7 Å². The van der Waals surface area contributed by atoms with E-state index in [-0.39, 0.29) is 35.2 Å². The van der Waals surface area contributed by atoms with Crippen LogP contribution >= 0.6 is 0 Å². The van der Waals surface area contributed by atoms with E-state index in [2.05, 4.69) is 5.32 Å². The Balaban J connectivity index is 1.70. The van der Waals surface area contributed by atoms with Gasteiger partial charge in [-0.1, -0.05) is 0 Å². The molecule has 0 bridgehead atoms. The minimum atomic E-state index is -1.50. The number of aliphatic hydroxyl groups is 1. The lowest BCUT2D eigenvalue weighted by Crippen LogP contribution is -2.32. The first-order valence-electron chi connectivity index (χ1n) is 10.3. The van der Waals surface area contributed by atoms with Crippen LogP contribution in [0.15, 0.2) is 16.9 Å². The minimum absolute atomic E-state index is 0.0618. The topological polar surface area (TPSA) is 93.5 Å². The van der Waals surface area contributed by atoms with Gasteiger partial charge in [-0.3, -0.25) is 4.79 Å². The molecule has 0 saturated carbocycles. The maximum atomic E-state index is 14.7. The van der Waals surface area contributed by atoms with Crippen molar-refractivity contribution in [1.82, 2.24) is 14.9 Å². The number of halogens is 1. The minimum Gasteiger partial charge on any atom is -0.458 e. The lowest BCUT2D eigenvalue weighted by molar-refractivity contribution is -0.157. The van der Waals surface area contributed by atoms with Crippen molar-refractivity contribution in [2.45, 2.75) is 45.1 Å². The Labute approximate surface area is 176 Å². The van der Waals surface area contributed by atoms with Crippen molar-refractivity contribution in [3.63, 3.8) is 0 Å². The summed E-state index contributed by atoms with van der Waals surface area (Å²) in [5, 5.41) is 14.6. The molecule has 4 heterocycles. The van der Waals surface area contributed by atoms with Crippen molar-refractivity contribution in [1.29, 1.82) is 0 Å². The zero-order valence-corrected chi connectivity index (χ0v) is 17.1. The number of carbonyl (C=O) groups excluding carboxylic acids is 1. The summed E-state index contributed by atoms with van der Waals surface area (Å²) in [7, 11) is 1.90. The summed E-state index contributed by atoms with van der Waals surface area (Å²) < 4.78 is 21.2. The molecule has 31 heavy (non-hydrogen) atoms. The Kier molecular flexibility index (Phi) is 3.74. The third-order valence-electron chi connectivity index (χ3n) is 7.00. The molecule has 0 saturated heterocycles. The molecule has 2 unspecified atom stereocenters. The van der Waals surface area contributed by atoms with E-state index in [1.807, 2.05) is 7.05 Å². The highest BCUT2D eigenvalue weighted by molar-refractivity contribution is 5.93. The van der Waals surface area contributed by atoms with Gasteiger partial charge in [-0.05, 0) is 49.6 Å². The van der Waals surface area contributed by atoms with Crippen LogP contribution in [0.4, 0.5) is 4.39 Å². The molecule has 0 spiro atoms. The van der Waals surface area contributed by atoms with Gasteiger partial charge in [-0.25, -0.2) is 14.2 Å². The second kappa shape index (κ2) is 6.21. The first-order valence-corrected chi connectivity index (χ1v) is 10.3. The molecule has 158 valence electrons. The fourth-order valence-electron chi connectivity index (χ4n) is 5.39. The molecule has 0 radical (unpaired) electrons. The van der Waals surface area contributed by atoms with Gasteiger partial charge in [-0.15, -0.1) is 0 Å². The number of fused-ring (bicyclic) bond motifs is 5. The van der Waals surface area contributed by atoms with Crippen molar-refractivity contribution in [3.05, 3.63) is 61.7 Å². The summed E-state index contributed by atoms with van der Waals surface area (Å²) in [5.74, 6) is -1.06. The van der Waals surface area contributed by atoms with Crippen LogP contribution in [-0.2, 0) is 29.1 Å². The summed E-state index contributed by atoms with van der Waals surface area (Å²) in [6.45, 7) is 1.98. The molecule has 0 fully saturated rings. The molecule has 8 heteroatoms. The zero-order chi connectivity index (χ0) is 21.6. The maximum absolute atomic E-state index is 14.7. The van der Waals surface area contributed by atoms with Gasteiger partial charge in [-0.2, -0.15) is 0 Å². The number of pyridine rings is 2. The van der Waals surface area contributed by atoms with Gasteiger partial charge in [0, 0.05) is 28.6 Å². The van der Waals surface area contributed by atoms with Crippen LogP contribution < -0.4 is 10.9 Å². The number of aromatic nitrogens is 2. The van der Waals surface area contributed by atoms with E-state index >= 15 is 0 Å². The molecule has 2 atom stereocenters. The molecule has 1 aromatic carbocycles. The van der Waals surface area contributed by atoms with Crippen molar-refractivity contribution in [3.8, 4) is 11.4 Å². The first-order chi connectivity index (χ1) is 14.9. The highest BCUT2D eigenvalue weighted by atomic mass is 19.1. The number of esters is 1. The third kappa shape index (κ3) is 2.31. The number of nitrogens with one attached hydrogen (secondary N) is 1. The van der Waals surface area contributed by atoms with Gasteiger partial charge in [0.1, 0.15) is 12.4 Å². The van der Waals surface area contributed by atoms with Crippen molar-refractivity contribution in [2.24, 2.45) is 0 Å². The van der Waals surface area contributed by atoms with Crippen LogP contribution in [0.5, 0.6) is 0 Å². The lowest BCUT2D eigenvalue weighted by Gasteiger charge is -2.28. The predicted octanol–water partition coefficient (Wildman–Crippen LogP) is 2.17. The fourth-order valence-corrected chi connectivity index (χ4v) is 5.39. The Morgan fingerprint density at radius 3 is 2.84 bits per heavy atom. The molecular weight excluding hydrogens is 401 g/mol. The Bertz CT molecular complexity index is 1390. The normalized spacial score (nSPS) is 21.0. The number of ether oxygens (including phenoxy) is 1. The van der Waals surface area contributed by atoms with Gasteiger partial charge in [0.15, 0.2) is 6.10 Å². The number of aryl methyl sites for hydroxylation is 1. The van der Waals surface area contributed by atoms with E-state index in [1.165, 1.54) is 6.07 Å². The summed E-state index contributed by atoms with van der Waals surface area (Å²) >= 11 is 0. The summed E-state index contributed by atoms with van der Waals surface area (Å²) in [6.07, 6.45) is 0.0792. The Morgan fingerprint density at radius 2 is 2.06 bits per heavy atom. The quantitative estimate of drug-likeness (QED) is 0.458. The van der Waals surface area contributed by atoms with Crippen molar-refractivity contribution in [2.75, 3.05) is 7.05 Å². The van der Waals surface area contributed by atoms with E-state index in [0.717, 1.165) is 34.9 Å². The van der Waals surface area contributed by atoms with Crippen LogP contribution in [0, 0.1) is 12.7 Å². The van der Waals surface area contributed by atoms with Gasteiger partial charge in [0.2, 0.25) is 0 Å². The number of hydrogen-bond donors (Lipinski definition) is 2. The standard InChI is InChI=1S/C23H20FN3O4/c1-9-10-3-4-15(25-2)19-12-7-27-17(20(12)26-16(18(10)19)6-14(9)24)5-11-13(22(27)29)8-31-23(30)21(11)28/h5-6,15,21,25,28H,3-4,7-8H2,1-2H3. The first kappa shape index (κ1) is 18.7. The number of nitrogens with zero attached hydrogens (tertiary/aromatic N) is 2. The number of benzene rings is 1. The monoisotopic (exact) mass is 421 g/mol. The molecule has 6 rings (SSSR count). The maximum Gasteiger partial charge on any atom is 0.340 e. The largest absolute Gasteiger partial charge is 0.458 e. The third-order valence-corrected chi connectivity index (χ3v) is 7.00. The van der Waals surface area contributed by atoms with Crippen LogP contribution in [0.1, 0.15) is 51.9 Å². The second-order valence-corrected chi connectivity index (χ2v) is 8.45. The number of carbonyl (C=O) groups is 1. The number of hydrogen-bond acceptors (Lipinski definition) is 6. The smallest absolute Gasteiger partial charge is 0.340 e. The Morgan fingerprint density at radius 1 is 1.26 bits per heavy atom. The summed E-state index contributed by atoms with van der Waals surface area (Å²) in [4.78, 5) is 29.8. The van der Waals surface area contributed by atoms with Crippen LogP contribution in [0.3, 0.4) is 0 Å². The molecular formula is C23H20FN3O4. The lowest BCUT2D eigenvalue weighted by atomic mass is 9.82. The number of cyclic esters (lactones) is 1. The summed E-state index contributed by atoms with van der Waals surface area (Å²) in [6, 6.07) is 3.18. The van der Waals surface area contributed by atoms with Crippen LogP contribution in [0.25, 0.3) is 22.3 Å². The highest BCUT2D eigenvalue weighted by Gasteiger charge is 2.36. The van der Waals surface area contributed by atoms with Crippen molar-refractivity contribution < 1.29 is 19.0 Å². The average Bonchev–Trinajstić information content (AvgIpc) is 3.13. The molecule has 3 aromatic rings. The molecule has 2 aromatic heterocycles. The average molecular weight is 421 g/mol. The summed E-state index contributed by atoms with van der Waals surface area (Å²) in [5.41, 5.74) is 5.56. The SMILES string of the molecule is CNC1CCc2c(C)c(F)cc3nc4c(c1c23)Cn1c-4cc2c(c1=O)COC(=O)C2O. The second-order valence-electron chi connectivity index (χ2n) is 8.45.